The number of carbonyl (C=O) groups excluding carboxylic acids is 2. The highest BCUT2D eigenvalue weighted by Crippen LogP contribution is 2.07. The molecule has 18 heavy (non-hydrogen) atoms. The van der Waals surface area contributed by atoms with E-state index in [1.807, 2.05) is 0 Å². The van der Waals surface area contributed by atoms with Gasteiger partial charge in [-0.05, 0) is 20.3 Å². The Morgan fingerprint density at radius 3 is 1.44 bits per heavy atom. The zero-order valence-corrected chi connectivity index (χ0v) is 11.4. The van der Waals surface area contributed by atoms with Gasteiger partial charge in [-0.2, -0.15) is 0 Å². The van der Waals surface area contributed by atoms with Crippen LogP contribution in [0.15, 0.2) is 0 Å². The number of carboxylic acid groups (broad SMARTS) is 1. The molecule has 106 valence electrons. The van der Waals surface area contributed by atoms with Crippen LogP contribution in [-0.4, -0.2) is 36.2 Å². The lowest BCUT2D eigenvalue weighted by atomic mass is 10.1. The van der Waals surface area contributed by atoms with Crippen LogP contribution in [0.1, 0.15) is 40.5 Å². The molecule has 6 nitrogen and oxygen atoms in total. The summed E-state index contributed by atoms with van der Waals surface area (Å²) in [4.78, 5) is 31.7. The molecule has 0 aliphatic heterocycles. The monoisotopic (exact) mass is 262 g/mol. The van der Waals surface area contributed by atoms with Crippen LogP contribution in [0, 0.1) is 5.92 Å². The van der Waals surface area contributed by atoms with E-state index in [9.17, 15) is 14.4 Å². The average molecular weight is 262 g/mol. The van der Waals surface area contributed by atoms with Crippen molar-refractivity contribution in [3.05, 3.63) is 0 Å². The maximum Gasteiger partial charge on any atom is 0.320 e. The summed E-state index contributed by atoms with van der Waals surface area (Å²) < 4.78 is 9.45. The second-order valence-electron chi connectivity index (χ2n) is 3.21. The number of hydrogen-bond acceptors (Lipinski definition) is 5. The zero-order valence-electron chi connectivity index (χ0n) is 11.4. The third-order valence-corrected chi connectivity index (χ3v) is 1.85. The number of aliphatic carboxylic acids is 1. The highest BCUT2D eigenvalue weighted by Gasteiger charge is 2.27. The van der Waals surface area contributed by atoms with Crippen LogP contribution in [0.3, 0.4) is 0 Å². The van der Waals surface area contributed by atoms with Crippen molar-refractivity contribution in [3.8, 4) is 0 Å². The van der Waals surface area contributed by atoms with E-state index >= 15 is 0 Å². The van der Waals surface area contributed by atoms with Crippen LogP contribution in [0.25, 0.3) is 0 Å². The molecule has 1 N–H and O–H groups in total. The van der Waals surface area contributed by atoms with Gasteiger partial charge in [0.1, 0.15) is 0 Å². The Kier molecular flexibility index (Phi) is 12.4. The molecule has 6 heteroatoms. The molecule has 0 aliphatic carbocycles. The second-order valence-corrected chi connectivity index (χ2v) is 3.21. The van der Waals surface area contributed by atoms with Gasteiger partial charge in [-0.25, -0.2) is 0 Å². The van der Waals surface area contributed by atoms with Crippen LogP contribution >= 0.6 is 0 Å². The fourth-order valence-corrected chi connectivity index (χ4v) is 0.915. The predicted octanol–water partition coefficient (Wildman–Crippen LogP) is 1.62. The third kappa shape index (κ3) is 9.62. The first kappa shape index (κ1) is 18.8. The maximum atomic E-state index is 11.2. The van der Waals surface area contributed by atoms with Gasteiger partial charge in [0.25, 0.3) is 0 Å². The molecule has 0 aliphatic rings. The summed E-state index contributed by atoms with van der Waals surface area (Å²) in [5.41, 5.74) is 0. The first-order chi connectivity index (χ1) is 8.44. The Morgan fingerprint density at radius 1 is 0.944 bits per heavy atom. The number of esters is 2. The summed E-state index contributed by atoms with van der Waals surface area (Å²) in [6.45, 7) is 7.33. The lowest BCUT2D eigenvalue weighted by Crippen LogP contribution is -2.27. The van der Waals surface area contributed by atoms with E-state index in [0.717, 1.165) is 0 Å². The molecule has 0 radical (unpaired) electrons. The predicted molar refractivity (Wildman–Crippen MR) is 65.0 cm³/mol. The van der Waals surface area contributed by atoms with Gasteiger partial charge < -0.3 is 14.6 Å². The van der Waals surface area contributed by atoms with E-state index in [0.29, 0.717) is 6.42 Å². The van der Waals surface area contributed by atoms with Gasteiger partial charge in [-0.15, -0.1) is 0 Å². The highest BCUT2D eigenvalue weighted by molar-refractivity contribution is 5.94. The lowest BCUT2D eigenvalue weighted by molar-refractivity contribution is -0.161. The Hall–Kier alpha value is -1.59. The highest BCUT2D eigenvalue weighted by atomic mass is 16.6. The molecule has 0 fully saturated rings. The van der Waals surface area contributed by atoms with Crippen LogP contribution in [0.4, 0.5) is 0 Å². The minimum Gasteiger partial charge on any atom is -0.481 e. The van der Waals surface area contributed by atoms with Gasteiger partial charge in [0.15, 0.2) is 5.92 Å². The smallest absolute Gasteiger partial charge is 0.320 e. The molecule has 0 bridgehead atoms. The van der Waals surface area contributed by atoms with Gasteiger partial charge in [0.05, 0.1) is 13.2 Å². The topological polar surface area (TPSA) is 89.9 Å². The van der Waals surface area contributed by atoms with E-state index in [2.05, 4.69) is 0 Å². The minimum absolute atomic E-state index is 0.222. The fraction of sp³-hybridized carbons (Fsp3) is 0.750. The van der Waals surface area contributed by atoms with Gasteiger partial charge in [0.2, 0.25) is 0 Å². The van der Waals surface area contributed by atoms with Crippen molar-refractivity contribution in [2.24, 2.45) is 5.92 Å². The molecule has 0 heterocycles. The molecule has 0 atom stereocenters. The molecule has 0 spiro atoms. The second kappa shape index (κ2) is 11.9. The molecule has 0 aromatic heterocycles. The zero-order chi connectivity index (χ0) is 14.6. The van der Waals surface area contributed by atoms with Gasteiger partial charge >= 0.3 is 17.9 Å². The molecule has 0 rings (SSSR count). The molecular formula is C12H22O6. The van der Waals surface area contributed by atoms with Gasteiger partial charge in [-0.1, -0.05) is 13.8 Å². The van der Waals surface area contributed by atoms with Crippen LogP contribution < -0.4 is 0 Å². The van der Waals surface area contributed by atoms with Crippen LogP contribution in [-0.2, 0) is 23.9 Å². The molecule has 0 saturated carbocycles. The summed E-state index contributed by atoms with van der Waals surface area (Å²) in [7, 11) is 0. The van der Waals surface area contributed by atoms with Crippen molar-refractivity contribution >= 4 is 17.9 Å². The third-order valence-electron chi connectivity index (χ3n) is 1.85. The van der Waals surface area contributed by atoms with Crippen molar-refractivity contribution in [1.82, 2.24) is 0 Å². The van der Waals surface area contributed by atoms with Crippen LogP contribution in [0.5, 0.6) is 0 Å². The van der Waals surface area contributed by atoms with E-state index in [1.54, 1.807) is 27.7 Å². The quantitative estimate of drug-likeness (QED) is 0.578. The molecule has 0 amide bonds. The lowest BCUT2D eigenvalue weighted by Gasteiger charge is -2.11. The summed E-state index contributed by atoms with van der Waals surface area (Å²) in [5, 5.41) is 7.72. The summed E-state index contributed by atoms with van der Waals surface area (Å²) >= 11 is 0. The number of carbonyl (C=O) groups is 3. The number of rotatable bonds is 6. The first-order valence-electron chi connectivity index (χ1n) is 5.99. The summed E-state index contributed by atoms with van der Waals surface area (Å²) in [5.74, 6) is -2.50. The Balaban J connectivity index is 0. The summed E-state index contributed by atoms with van der Waals surface area (Å²) in [6.07, 6.45) is 0.637. The Bertz CT molecular complexity index is 243. The fourth-order valence-electron chi connectivity index (χ4n) is 0.915. The van der Waals surface area contributed by atoms with E-state index in [1.165, 1.54) is 0 Å². The largest absolute Gasteiger partial charge is 0.481 e. The molecule has 0 saturated heterocycles. The molecule has 0 aromatic rings. The van der Waals surface area contributed by atoms with Crippen molar-refractivity contribution in [1.29, 1.82) is 0 Å². The number of hydrogen-bond donors (Lipinski definition) is 1. The van der Waals surface area contributed by atoms with Gasteiger partial charge in [0, 0.05) is 6.42 Å². The van der Waals surface area contributed by atoms with E-state index in [-0.39, 0.29) is 19.6 Å². The normalized spacial score (nSPS) is 9.17. The first-order valence-corrected chi connectivity index (χ1v) is 5.99. The number of carboxylic acids is 1. The molecule has 0 aromatic carbocycles. The van der Waals surface area contributed by atoms with Crippen molar-refractivity contribution in [2.45, 2.75) is 40.5 Å². The Morgan fingerprint density at radius 2 is 1.28 bits per heavy atom. The van der Waals surface area contributed by atoms with E-state index < -0.39 is 23.8 Å². The molecular weight excluding hydrogens is 240 g/mol. The van der Waals surface area contributed by atoms with Crippen molar-refractivity contribution in [2.75, 3.05) is 13.2 Å². The molecule has 0 unspecified atom stereocenters. The average Bonchev–Trinajstić information content (AvgIpc) is 2.31. The summed E-state index contributed by atoms with van der Waals surface area (Å²) in [6, 6.07) is 0. The van der Waals surface area contributed by atoms with Crippen molar-refractivity contribution in [3.63, 3.8) is 0 Å². The minimum atomic E-state index is -0.764. The van der Waals surface area contributed by atoms with E-state index in [4.69, 9.17) is 14.6 Å². The maximum absolute atomic E-state index is 11.2. The SMILES string of the molecule is CCC(=O)O.CCOC(=O)C(CC)C(=O)OCC. The standard InChI is InChI=1S/C9H16O4.C3H6O2/c1-4-7(8(10)12-5-2)9(11)13-6-3;1-2-3(4)5/h7H,4-6H2,1-3H3;2H2,1H3,(H,4,5). The van der Waals surface area contributed by atoms with Gasteiger partial charge in [-0.3, -0.25) is 14.4 Å². The van der Waals surface area contributed by atoms with Crippen molar-refractivity contribution < 1.29 is 29.0 Å². The number of ether oxygens (including phenoxy) is 2. The van der Waals surface area contributed by atoms with Crippen LogP contribution in [0.2, 0.25) is 0 Å². The Labute approximate surface area is 107 Å².